The Balaban J connectivity index is 1.30. The van der Waals surface area contributed by atoms with Gasteiger partial charge in [0.2, 0.25) is 0 Å². The van der Waals surface area contributed by atoms with E-state index in [-0.39, 0.29) is 28.4 Å². The molecule has 64 heavy (non-hydrogen) atoms. The average Bonchev–Trinajstić information content (AvgIpc) is 3.63. The molecule has 1 aliphatic carbocycles. The fourth-order valence-electron chi connectivity index (χ4n) is 11.3. The molecule has 0 radical (unpaired) electrons. The zero-order chi connectivity index (χ0) is 44.8. The standard InChI is InChI=1S/C60H61BN2S/c1-36-28-51-55-52(29-36)63(53-33-41(58(6,7)8)31-43-42-20-16-17-21-54(42)64-56(43)53)50-35-45-44(59(9,10)26-27-60(45,11)12)34-47(50)61(55)46-32-40(57(3,4)5)24-25-48(46)62(51)49-30-39(23-22-37(49)2)38-18-14-13-15-19-38/h13-25,28-35H,26-27H2,1-12H3. The minimum Gasteiger partial charge on any atom is -0.311 e. The first-order chi connectivity index (χ1) is 30.3. The number of aryl methyl sites for hydroxylation is 2. The van der Waals surface area contributed by atoms with Gasteiger partial charge in [0.05, 0.1) is 10.4 Å². The van der Waals surface area contributed by atoms with Crippen molar-refractivity contribution in [2.45, 2.75) is 118 Å². The molecule has 1 aromatic heterocycles. The van der Waals surface area contributed by atoms with Crippen LogP contribution in [0.15, 0.2) is 127 Å². The number of nitrogens with zero attached hydrogens (tertiary/aromatic N) is 2. The molecule has 11 rings (SSSR count). The number of thiophene rings is 1. The maximum atomic E-state index is 2.73. The van der Waals surface area contributed by atoms with Gasteiger partial charge in [0.25, 0.3) is 6.71 Å². The zero-order valence-electron chi connectivity index (χ0n) is 39.9. The zero-order valence-corrected chi connectivity index (χ0v) is 40.7. The van der Waals surface area contributed by atoms with Crippen LogP contribution in [0, 0.1) is 13.8 Å². The lowest BCUT2D eigenvalue weighted by atomic mass is 9.33. The minimum absolute atomic E-state index is 0.0229. The number of hydrogen-bond acceptors (Lipinski definition) is 3. The molecule has 0 unspecified atom stereocenters. The highest BCUT2D eigenvalue weighted by Gasteiger charge is 2.47. The molecule has 7 aromatic carbocycles. The summed E-state index contributed by atoms with van der Waals surface area (Å²) in [7, 11) is 0. The first-order valence-corrected chi connectivity index (χ1v) is 24.3. The second kappa shape index (κ2) is 14.0. The highest BCUT2D eigenvalue weighted by molar-refractivity contribution is 7.26. The summed E-state index contributed by atoms with van der Waals surface area (Å²) in [4.78, 5) is 5.35. The summed E-state index contributed by atoms with van der Waals surface area (Å²) in [5, 5.41) is 2.69. The number of benzene rings is 7. The van der Waals surface area contributed by atoms with Crippen LogP contribution in [0.3, 0.4) is 0 Å². The van der Waals surface area contributed by atoms with E-state index in [2.05, 4.69) is 220 Å². The lowest BCUT2D eigenvalue weighted by molar-refractivity contribution is 0.332. The van der Waals surface area contributed by atoms with Gasteiger partial charge in [0, 0.05) is 43.9 Å². The Bertz CT molecular complexity index is 3230. The van der Waals surface area contributed by atoms with Crippen LogP contribution < -0.4 is 26.2 Å². The molecule has 3 heterocycles. The van der Waals surface area contributed by atoms with Gasteiger partial charge in [-0.3, -0.25) is 0 Å². The van der Waals surface area contributed by atoms with Gasteiger partial charge in [0.1, 0.15) is 0 Å². The minimum atomic E-state index is -0.0541. The van der Waals surface area contributed by atoms with E-state index in [1.807, 2.05) is 11.3 Å². The van der Waals surface area contributed by atoms with Crippen LogP contribution in [0.2, 0.25) is 0 Å². The topological polar surface area (TPSA) is 6.48 Å². The molecule has 0 bridgehead atoms. The summed E-state index contributed by atoms with van der Waals surface area (Å²) in [5.41, 5.74) is 22.6. The van der Waals surface area contributed by atoms with Crippen molar-refractivity contribution in [2.24, 2.45) is 0 Å². The third-order valence-corrected chi connectivity index (χ3v) is 16.4. The largest absolute Gasteiger partial charge is 0.311 e. The molecule has 0 saturated heterocycles. The second-order valence-corrected chi connectivity index (χ2v) is 23.7. The first-order valence-electron chi connectivity index (χ1n) is 23.5. The molecule has 3 aliphatic rings. The molecule has 2 aliphatic heterocycles. The summed E-state index contributed by atoms with van der Waals surface area (Å²) < 4.78 is 2.68. The van der Waals surface area contributed by atoms with Gasteiger partial charge in [-0.2, -0.15) is 0 Å². The van der Waals surface area contributed by atoms with E-state index in [4.69, 9.17) is 0 Å². The van der Waals surface area contributed by atoms with Gasteiger partial charge in [-0.15, -0.1) is 11.3 Å². The van der Waals surface area contributed by atoms with E-state index in [1.165, 1.54) is 128 Å². The van der Waals surface area contributed by atoms with Gasteiger partial charge < -0.3 is 9.80 Å². The van der Waals surface area contributed by atoms with Gasteiger partial charge in [-0.1, -0.05) is 148 Å². The Morgan fingerprint density at radius 3 is 1.81 bits per heavy atom. The molecule has 0 saturated carbocycles. The summed E-state index contributed by atoms with van der Waals surface area (Å²) in [5.74, 6) is 0. The summed E-state index contributed by atoms with van der Waals surface area (Å²) in [6, 6.07) is 49.8. The van der Waals surface area contributed by atoms with Crippen molar-refractivity contribution in [3.8, 4) is 11.1 Å². The molecule has 0 N–H and O–H groups in total. The van der Waals surface area contributed by atoms with E-state index < -0.39 is 0 Å². The highest BCUT2D eigenvalue weighted by atomic mass is 32.1. The van der Waals surface area contributed by atoms with Crippen molar-refractivity contribution in [1.82, 2.24) is 0 Å². The van der Waals surface area contributed by atoms with Gasteiger partial charge in [-0.25, -0.2) is 0 Å². The summed E-state index contributed by atoms with van der Waals surface area (Å²) >= 11 is 1.95. The smallest absolute Gasteiger partial charge is 0.252 e. The fourth-order valence-corrected chi connectivity index (χ4v) is 12.4. The molecule has 2 nitrogen and oxygen atoms in total. The maximum Gasteiger partial charge on any atom is 0.252 e. The Morgan fingerprint density at radius 1 is 0.500 bits per heavy atom. The van der Waals surface area contributed by atoms with Crippen LogP contribution in [0.4, 0.5) is 34.1 Å². The Labute approximate surface area is 386 Å². The lowest BCUT2D eigenvalue weighted by Crippen LogP contribution is -2.62. The van der Waals surface area contributed by atoms with Crippen molar-refractivity contribution < 1.29 is 0 Å². The number of anilines is 6. The predicted molar refractivity (Wildman–Crippen MR) is 281 cm³/mol. The molecule has 8 aromatic rings. The molecular formula is C60H61BN2S. The maximum absolute atomic E-state index is 2.73. The summed E-state index contributed by atoms with van der Waals surface area (Å²) in [6.45, 7) is 28.8. The summed E-state index contributed by atoms with van der Waals surface area (Å²) in [6.07, 6.45) is 2.34. The predicted octanol–water partition coefficient (Wildman–Crippen LogP) is 15.4. The van der Waals surface area contributed by atoms with Crippen molar-refractivity contribution in [1.29, 1.82) is 0 Å². The fraction of sp³-hybridized carbons (Fsp3) is 0.300. The van der Waals surface area contributed by atoms with Gasteiger partial charge in [0.15, 0.2) is 0 Å². The van der Waals surface area contributed by atoms with Gasteiger partial charge >= 0.3 is 0 Å². The van der Waals surface area contributed by atoms with Crippen LogP contribution in [0.5, 0.6) is 0 Å². The molecular weight excluding hydrogens is 792 g/mol. The van der Waals surface area contributed by atoms with E-state index in [9.17, 15) is 0 Å². The normalized spacial score (nSPS) is 16.2. The third-order valence-electron chi connectivity index (χ3n) is 15.2. The van der Waals surface area contributed by atoms with Crippen LogP contribution in [-0.2, 0) is 21.7 Å². The average molecular weight is 853 g/mol. The van der Waals surface area contributed by atoms with Crippen molar-refractivity contribution in [3.05, 3.63) is 161 Å². The van der Waals surface area contributed by atoms with E-state index in [0.717, 1.165) is 0 Å². The van der Waals surface area contributed by atoms with E-state index in [1.54, 1.807) is 0 Å². The molecule has 4 heteroatoms. The Hall–Kier alpha value is -5.58. The third kappa shape index (κ3) is 6.26. The Kier molecular flexibility index (Phi) is 8.98. The Morgan fingerprint density at radius 2 is 1.12 bits per heavy atom. The number of fused-ring (bicyclic) bond motifs is 8. The highest BCUT2D eigenvalue weighted by Crippen LogP contribution is 2.53. The molecule has 0 atom stereocenters. The first kappa shape index (κ1) is 41.2. The SMILES string of the molecule is Cc1cc2c3c(c1)N(c1cc(C(C)(C)C)cc4c1sc1ccccc14)c1cc4c(cc1B3c1cc(C(C)(C)C)ccc1N2c1cc(-c2ccccc2)ccc1C)C(C)(C)CCC4(C)C. The van der Waals surface area contributed by atoms with Crippen molar-refractivity contribution >= 4 is 88.7 Å². The van der Waals surface area contributed by atoms with E-state index >= 15 is 0 Å². The van der Waals surface area contributed by atoms with Gasteiger partial charge in [-0.05, 0) is 158 Å². The molecule has 0 spiro atoms. The molecule has 0 amide bonds. The van der Waals surface area contributed by atoms with Crippen LogP contribution in [0.25, 0.3) is 31.3 Å². The lowest BCUT2D eigenvalue weighted by Gasteiger charge is -2.48. The molecule has 0 fully saturated rings. The van der Waals surface area contributed by atoms with Crippen LogP contribution >= 0.6 is 11.3 Å². The number of rotatable bonds is 3. The molecule has 320 valence electrons. The van der Waals surface area contributed by atoms with Crippen molar-refractivity contribution in [3.63, 3.8) is 0 Å². The second-order valence-electron chi connectivity index (χ2n) is 22.7. The monoisotopic (exact) mass is 852 g/mol. The van der Waals surface area contributed by atoms with Crippen LogP contribution in [0.1, 0.15) is 115 Å². The van der Waals surface area contributed by atoms with Crippen LogP contribution in [-0.4, -0.2) is 6.71 Å². The van der Waals surface area contributed by atoms with E-state index in [0.29, 0.717) is 0 Å². The number of hydrogen-bond donors (Lipinski definition) is 0. The van der Waals surface area contributed by atoms with Crippen molar-refractivity contribution in [2.75, 3.05) is 9.80 Å². The quantitative estimate of drug-likeness (QED) is 0.163.